The van der Waals surface area contributed by atoms with Crippen LogP contribution in [-0.4, -0.2) is 21.0 Å². The fourth-order valence-electron chi connectivity index (χ4n) is 1.55. The van der Waals surface area contributed by atoms with E-state index in [-0.39, 0.29) is 10.5 Å². The second-order valence-corrected chi connectivity index (χ2v) is 3.88. The Hall–Kier alpha value is -2.16. The fraction of sp³-hybridized carbons (Fsp3) is 0. The second-order valence-electron chi connectivity index (χ2n) is 3.47. The minimum atomic E-state index is -2.19. The molecule has 0 unspecified atom stereocenters. The first-order chi connectivity index (χ1) is 8.84. The van der Waals surface area contributed by atoms with Crippen molar-refractivity contribution >= 4 is 18.2 Å². The van der Waals surface area contributed by atoms with Crippen LogP contribution in [0.25, 0.3) is 11.3 Å². The second kappa shape index (κ2) is 4.50. The van der Waals surface area contributed by atoms with Gasteiger partial charge in [0.1, 0.15) is 5.56 Å². The number of carbonyl (C=O) groups is 1. The monoisotopic (exact) mass is 292 g/mol. The molecular weight excluding hydrogens is 288 g/mol. The molecule has 0 aliphatic heterocycles. The van der Waals surface area contributed by atoms with Crippen LogP contribution < -0.4 is 0 Å². The highest BCUT2D eigenvalue weighted by atomic mass is 32.1. The molecular formula is C10H4F4N2O2S. The van der Waals surface area contributed by atoms with Crippen molar-refractivity contribution in [2.45, 2.75) is 0 Å². The number of imidazole rings is 1. The molecule has 9 heteroatoms. The minimum Gasteiger partial charge on any atom is -0.478 e. The molecule has 0 spiro atoms. The molecule has 0 aliphatic carbocycles. The Morgan fingerprint density at radius 3 is 2.16 bits per heavy atom. The van der Waals surface area contributed by atoms with Gasteiger partial charge in [-0.15, -0.1) is 0 Å². The number of aromatic carboxylic acids is 1. The minimum absolute atomic E-state index is 0.0177. The molecule has 1 aromatic heterocycles. The molecule has 0 amide bonds. The highest BCUT2D eigenvalue weighted by Crippen LogP contribution is 2.31. The van der Waals surface area contributed by atoms with E-state index in [9.17, 15) is 22.4 Å². The Kier molecular flexibility index (Phi) is 3.14. The molecule has 1 aromatic carbocycles. The number of aromatic nitrogens is 2. The quantitative estimate of drug-likeness (QED) is 0.345. The number of nitrogens with one attached hydrogen (secondary N) is 2. The van der Waals surface area contributed by atoms with Crippen molar-refractivity contribution in [2.75, 3.05) is 0 Å². The molecule has 2 aromatic rings. The van der Waals surface area contributed by atoms with E-state index in [0.29, 0.717) is 0 Å². The van der Waals surface area contributed by atoms with Gasteiger partial charge in [0.05, 0.1) is 11.3 Å². The summed E-state index contributed by atoms with van der Waals surface area (Å²) in [6.45, 7) is 0. The third-order valence-corrected chi connectivity index (χ3v) is 2.57. The summed E-state index contributed by atoms with van der Waals surface area (Å²) in [4.78, 5) is 15.6. The van der Waals surface area contributed by atoms with Crippen LogP contribution in [0.4, 0.5) is 17.6 Å². The Morgan fingerprint density at radius 1 is 1.11 bits per heavy atom. The van der Waals surface area contributed by atoms with Gasteiger partial charge in [-0.05, 0) is 12.2 Å². The summed E-state index contributed by atoms with van der Waals surface area (Å²) < 4.78 is 53.2. The van der Waals surface area contributed by atoms with E-state index in [1.165, 1.54) is 0 Å². The van der Waals surface area contributed by atoms with Crippen LogP contribution in [0.15, 0.2) is 6.20 Å². The van der Waals surface area contributed by atoms with Crippen LogP contribution >= 0.6 is 12.2 Å². The molecule has 0 aliphatic rings. The zero-order valence-corrected chi connectivity index (χ0v) is 9.67. The van der Waals surface area contributed by atoms with Crippen molar-refractivity contribution < 1.29 is 27.5 Å². The Labute approximate surface area is 107 Å². The van der Waals surface area contributed by atoms with Gasteiger partial charge in [0.15, 0.2) is 28.0 Å². The molecule has 2 rings (SSSR count). The maximum absolute atomic E-state index is 13.6. The van der Waals surface area contributed by atoms with Gasteiger partial charge >= 0.3 is 5.97 Å². The number of H-pyrrole nitrogens is 2. The van der Waals surface area contributed by atoms with Gasteiger partial charge < -0.3 is 15.1 Å². The maximum Gasteiger partial charge on any atom is 0.339 e. The predicted octanol–water partition coefficient (Wildman–Crippen LogP) is 2.99. The average Bonchev–Trinajstić information content (AvgIpc) is 2.76. The Morgan fingerprint density at radius 2 is 1.68 bits per heavy atom. The van der Waals surface area contributed by atoms with Crippen LogP contribution in [0.1, 0.15) is 10.4 Å². The number of carboxylic acid groups (broad SMARTS) is 1. The van der Waals surface area contributed by atoms with E-state index in [2.05, 4.69) is 22.2 Å². The SMILES string of the molecule is O=C(O)c1c(F)c(F)c(F)c(F)c1-c1c[nH]c(=S)[nH]1. The van der Waals surface area contributed by atoms with Gasteiger partial charge in [0.2, 0.25) is 0 Å². The lowest BCUT2D eigenvalue weighted by Crippen LogP contribution is -2.11. The highest BCUT2D eigenvalue weighted by molar-refractivity contribution is 7.71. The first-order valence-corrected chi connectivity index (χ1v) is 5.12. The lowest BCUT2D eigenvalue weighted by Gasteiger charge is -2.08. The van der Waals surface area contributed by atoms with Crippen LogP contribution in [0.5, 0.6) is 0 Å². The summed E-state index contributed by atoms with van der Waals surface area (Å²) in [5.41, 5.74) is -2.57. The number of rotatable bonds is 2. The molecule has 19 heavy (non-hydrogen) atoms. The van der Waals surface area contributed by atoms with E-state index in [1.807, 2.05) is 0 Å². The fourth-order valence-corrected chi connectivity index (χ4v) is 1.72. The van der Waals surface area contributed by atoms with E-state index < -0.39 is 40.4 Å². The first kappa shape index (κ1) is 13.3. The normalized spacial score (nSPS) is 10.7. The van der Waals surface area contributed by atoms with Gasteiger partial charge in [-0.2, -0.15) is 0 Å². The Bertz CT molecular complexity index is 738. The molecule has 0 radical (unpaired) electrons. The molecule has 0 saturated carbocycles. The van der Waals surface area contributed by atoms with Crippen molar-refractivity contribution in [3.63, 3.8) is 0 Å². The summed E-state index contributed by atoms with van der Waals surface area (Å²) in [6.07, 6.45) is 1.02. The Balaban J connectivity index is 2.93. The number of hydrogen-bond donors (Lipinski definition) is 3. The summed E-state index contributed by atoms with van der Waals surface area (Å²) in [6, 6.07) is 0. The number of benzene rings is 1. The van der Waals surface area contributed by atoms with Gasteiger partial charge in [0, 0.05) is 6.20 Å². The van der Waals surface area contributed by atoms with Crippen LogP contribution in [0.2, 0.25) is 0 Å². The summed E-state index contributed by atoms with van der Waals surface area (Å²) in [7, 11) is 0. The molecule has 100 valence electrons. The summed E-state index contributed by atoms with van der Waals surface area (Å²) >= 11 is 4.63. The molecule has 0 saturated heterocycles. The van der Waals surface area contributed by atoms with Gasteiger partial charge in [-0.1, -0.05) is 0 Å². The van der Waals surface area contributed by atoms with Crippen LogP contribution in [0, 0.1) is 28.0 Å². The lowest BCUT2D eigenvalue weighted by molar-refractivity contribution is 0.0690. The van der Waals surface area contributed by atoms with E-state index in [0.717, 1.165) is 6.20 Å². The zero-order chi connectivity index (χ0) is 14.3. The lowest BCUT2D eigenvalue weighted by atomic mass is 10.0. The number of carboxylic acids is 1. The van der Waals surface area contributed by atoms with E-state index in [1.54, 1.807) is 0 Å². The topological polar surface area (TPSA) is 68.9 Å². The third-order valence-electron chi connectivity index (χ3n) is 2.35. The van der Waals surface area contributed by atoms with Crippen molar-refractivity contribution in [3.8, 4) is 11.3 Å². The van der Waals surface area contributed by atoms with Crippen molar-refractivity contribution in [3.05, 3.63) is 39.8 Å². The standard InChI is InChI=1S/C10H4F4N2O2S/c11-5-3(2-1-15-10(19)16-2)4(9(17)18)6(12)8(14)7(5)13/h1H,(H,17,18)(H2,15,16,19). The molecule has 3 N–H and O–H groups in total. The summed E-state index contributed by atoms with van der Waals surface area (Å²) in [5, 5.41) is 8.81. The van der Waals surface area contributed by atoms with Gasteiger partial charge in [0.25, 0.3) is 0 Å². The highest BCUT2D eigenvalue weighted by Gasteiger charge is 2.30. The molecule has 0 bridgehead atoms. The largest absolute Gasteiger partial charge is 0.478 e. The molecule has 4 nitrogen and oxygen atoms in total. The number of halogens is 4. The van der Waals surface area contributed by atoms with Crippen LogP contribution in [-0.2, 0) is 0 Å². The maximum atomic E-state index is 13.6. The third kappa shape index (κ3) is 2.01. The number of aromatic amines is 2. The van der Waals surface area contributed by atoms with E-state index in [4.69, 9.17) is 5.11 Å². The van der Waals surface area contributed by atoms with Crippen LogP contribution in [0.3, 0.4) is 0 Å². The molecule has 1 heterocycles. The first-order valence-electron chi connectivity index (χ1n) is 4.72. The van der Waals surface area contributed by atoms with Gasteiger partial charge in [-0.25, -0.2) is 22.4 Å². The summed E-state index contributed by atoms with van der Waals surface area (Å²) in [5.74, 6) is -10.0. The number of hydrogen-bond acceptors (Lipinski definition) is 2. The molecule has 0 atom stereocenters. The smallest absolute Gasteiger partial charge is 0.339 e. The van der Waals surface area contributed by atoms with E-state index >= 15 is 0 Å². The zero-order valence-electron chi connectivity index (χ0n) is 8.85. The van der Waals surface area contributed by atoms with Crippen molar-refractivity contribution in [1.82, 2.24) is 9.97 Å². The van der Waals surface area contributed by atoms with Gasteiger partial charge in [-0.3, -0.25) is 0 Å². The average molecular weight is 292 g/mol. The van der Waals surface area contributed by atoms with Crippen molar-refractivity contribution in [2.24, 2.45) is 0 Å². The predicted molar refractivity (Wildman–Crippen MR) is 58.2 cm³/mol. The van der Waals surface area contributed by atoms with Crippen molar-refractivity contribution in [1.29, 1.82) is 0 Å². The molecule has 0 fully saturated rings.